The highest BCUT2D eigenvalue weighted by atomic mass is 16.6. The molecule has 6 heteroatoms. The first-order valence-corrected chi connectivity index (χ1v) is 5.99. The summed E-state index contributed by atoms with van der Waals surface area (Å²) >= 11 is 0. The Hall–Kier alpha value is -2.24. The van der Waals surface area contributed by atoms with E-state index in [1.54, 1.807) is 31.2 Å². The first-order chi connectivity index (χ1) is 8.91. The lowest BCUT2D eigenvalue weighted by Crippen LogP contribution is -2.55. The van der Waals surface area contributed by atoms with Crippen LogP contribution in [0.2, 0.25) is 0 Å². The molecule has 0 N–H and O–H groups in total. The van der Waals surface area contributed by atoms with E-state index in [0.29, 0.717) is 11.1 Å². The maximum atomic E-state index is 12.4. The molecule has 0 aliphatic carbocycles. The SMILES string of the molecule is CCN1C(=O)c2ccccc2C(C)(C[N+](=O)[O-])C1=O. The van der Waals surface area contributed by atoms with Crippen molar-refractivity contribution in [2.24, 2.45) is 0 Å². The Labute approximate surface area is 110 Å². The van der Waals surface area contributed by atoms with Crippen molar-refractivity contribution in [1.82, 2.24) is 4.90 Å². The number of likely N-dealkylation sites (N-methyl/N-ethyl adjacent to an activating group) is 1. The van der Waals surface area contributed by atoms with Crippen LogP contribution in [-0.2, 0) is 10.2 Å². The summed E-state index contributed by atoms with van der Waals surface area (Å²) in [6.07, 6.45) is 0. The minimum Gasteiger partial charge on any atom is -0.278 e. The highest BCUT2D eigenvalue weighted by molar-refractivity contribution is 6.13. The second-order valence-electron chi connectivity index (χ2n) is 4.72. The van der Waals surface area contributed by atoms with Gasteiger partial charge in [0.1, 0.15) is 5.41 Å². The second-order valence-corrected chi connectivity index (χ2v) is 4.72. The van der Waals surface area contributed by atoms with Crippen molar-refractivity contribution in [3.63, 3.8) is 0 Å². The summed E-state index contributed by atoms with van der Waals surface area (Å²) < 4.78 is 0. The Morgan fingerprint density at radius 2 is 1.95 bits per heavy atom. The largest absolute Gasteiger partial charge is 0.278 e. The van der Waals surface area contributed by atoms with E-state index in [2.05, 4.69) is 0 Å². The van der Waals surface area contributed by atoms with Gasteiger partial charge in [-0.15, -0.1) is 0 Å². The zero-order valence-electron chi connectivity index (χ0n) is 10.8. The number of hydrogen-bond donors (Lipinski definition) is 0. The quantitative estimate of drug-likeness (QED) is 0.466. The van der Waals surface area contributed by atoms with E-state index in [-0.39, 0.29) is 12.5 Å². The van der Waals surface area contributed by atoms with Crippen LogP contribution in [0.3, 0.4) is 0 Å². The van der Waals surface area contributed by atoms with Gasteiger partial charge in [-0.3, -0.25) is 24.6 Å². The average Bonchev–Trinajstić information content (AvgIpc) is 2.37. The van der Waals surface area contributed by atoms with Gasteiger partial charge in [0.05, 0.1) is 0 Å². The van der Waals surface area contributed by atoms with Crippen LogP contribution in [0.4, 0.5) is 0 Å². The lowest BCUT2D eigenvalue weighted by Gasteiger charge is -2.36. The van der Waals surface area contributed by atoms with Crippen LogP contribution in [0.1, 0.15) is 29.8 Å². The minimum atomic E-state index is -1.29. The Kier molecular flexibility index (Phi) is 3.09. The van der Waals surface area contributed by atoms with Crippen LogP contribution in [0.5, 0.6) is 0 Å². The molecule has 2 amide bonds. The minimum absolute atomic E-state index is 0.208. The van der Waals surface area contributed by atoms with E-state index in [4.69, 9.17) is 0 Å². The average molecular weight is 262 g/mol. The normalized spacial score (nSPS) is 22.3. The monoisotopic (exact) mass is 262 g/mol. The number of benzene rings is 1. The zero-order chi connectivity index (χ0) is 14.2. The highest BCUT2D eigenvalue weighted by Gasteiger charge is 2.50. The Bertz CT molecular complexity index is 570. The first-order valence-electron chi connectivity index (χ1n) is 5.99. The molecule has 1 unspecified atom stereocenters. The third kappa shape index (κ3) is 1.89. The lowest BCUT2D eigenvalue weighted by molar-refractivity contribution is -0.487. The standard InChI is InChI=1S/C13H14N2O4/c1-3-14-11(16)9-6-4-5-7-10(9)13(2,12(14)17)8-15(18)19/h4-7H,3,8H2,1-2H3. The van der Waals surface area contributed by atoms with Crippen LogP contribution >= 0.6 is 0 Å². The third-order valence-corrected chi connectivity index (χ3v) is 3.48. The van der Waals surface area contributed by atoms with E-state index in [9.17, 15) is 19.7 Å². The van der Waals surface area contributed by atoms with Gasteiger partial charge in [0.25, 0.3) is 5.91 Å². The molecule has 0 bridgehead atoms. The molecular formula is C13H14N2O4. The van der Waals surface area contributed by atoms with Crippen LogP contribution in [-0.4, -0.2) is 34.7 Å². The Balaban J connectivity index is 2.65. The molecule has 0 radical (unpaired) electrons. The number of imide groups is 1. The summed E-state index contributed by atoms with van der Waals surface area (Å²) in [5.41, 5.74) is -0.482. The van der Waals surface area contributed by atoms with E-state index >= 15 is 0 Å². The van der Waals surface area contributed by atoms with Gasteiger partial charge in [-0.25, -0.2) is 0 Å². The van der Waals surface area contributed by atoms with Crippen molar-refractivity contribution in [2.75, 3.05) is 13.1 Å². The summed E-state index contributed by atoms with van der Waals surface area (Å²) in [4.78, 5) is 36.0. The summed E-state index contributed by atoms with van der Waals surface area (Å²) in [6.45, 7) is 2.88. The molecule has 1 aliphatic rings. The van der Waals surface area contributed by atoms with E-state index in [1.807, 2.05) is 0 Å². The van der Waals surface area contributed by atoms with Crippen LogP contribution in [0, 0.1) is 10.1 Å². The Morgan fingerprint density at radius 1 is 1.32 bits per heavy atom. The van der Waals surface area contributed by atoms with Crippen molar-refractivity contribution in [3.05, 3.63) is 45.5 Å². The van der Waals surface area contributed by atoms with Crippen LogP contribution < -0.4 is 0 Å². The molecule has 0 fully saturated rings. The number of rotatable bonds is 3. The molecule has 0 spiro atoms. The molecule has 0 saturated carbocycles. The molecule has 1 aromatic rings. The van der Waals surface area contributed by atoms with Crippen LogP contribution in [0.25, 0.3) is 0 Å². The second kappa shape index (κ2) is 4.46. The van der Waals surface area contributed by atoms with Crippen molar-refractivity contribution in [1.29, 1.82) is 0 Å². The van der Waals surface area contributed by atoms with Gasteiger partial charge in [0.2, 0.25) is 12.5 Å². The topological polar surface area (TPSA) is 80.5 Å². The summed E-state index contributed by atoms with van der Waals surface area (Å²) in [7, 11) is 0. The summed E-state index contributed by atoms with van der Waals surface area (Å²) in [6, 6.07) is 6.58. The number of fused-ring (bicyclic) bond motifs is 1. The molecule has 19 heavy (non-hydrogen) atoms. The molecule has 6 nitrogen and oxygen atoms in total. The molecule has 1 atom stereocenters. The molecule has 0 aromatic heterocycles. The maximum absolute atomic E-state index is 12.4. The van der Waals surface area contributed by atoms with Gasteiger partial charge in [-0.2, -0.15) is 0 Å². The summed E-state index contributed by atoms with van der Waals surface area (Å²) in [5.74, 6) is -0.890. The summed E-state index contributed by atoms with van der Waals surface area (Å²) in [5, 5.41) is 10.9. The molecule has 0 saturated heterocycles. The molecular weight excluding hydrogens is 248 g/mol. The van der Waals surface area contributed by atoms with Gasteiger partial charge in [0.15, 0.2) is 0 Å². The third-order valence-electron chi connectivity index (χ3n) is 3.48. The van der Waals surface area contributed by atoms with Crippen molar-refractivity contribution in [2.45, 2.75) is 19.3 Å². The van der Waals surface area contributed by atoms with Gasteiger partial charge in [-0.1, -0.05) is 18.2 Å². The van der Waals surface area contributed by atoms with Crippen molar-refractivity contribution in [3.8, 4) is 0 Å². The fourth-order valence-electron chi connectivity index (χ4n) is 2.50. The number of amides is 2. The number of carbonyl (C=O) groups is 2. The van der Waals surface area contributed by atoms with Crippen molar-refractivity contribution < 1.29 is 14.5 Å². The number of nitro groups is 1. The predicted molar refractivity (Wildman–Crippen MR) is 67.4 cm³/mol. The fraction of sp³-hybridized carbons (Fsp3) is 0.385. The number of nitrogens with zero attached hydrogens (tertiary/aromatic N) is 2. The molecule has 100 valence electrons. The first kappa shape index (κ1) is 13.2. The Morgan fingerprint density at radius 3 is 2.53 bits per heavy atom. The van der Waals surface area contributed by atoms with E-state index in [0.717, 1.165) is 4.90 Å². The van der Waals surface area contributed by atoms with Gasteiger partial charge < -0.3 is 0 Å². The van der Waals surface area contributed by atoms with Gasteiger partial charge in [-0.05, 0) is 25.5 Å². The molecule has 1 aromatic carbocycles. The molecule has 1 aliphatic heterocycles. The van der Waals surface area contributed by atoms with E-state index < -0.39 is 22.8 Å². The van der Waals surface area contributed by atoms with Crippen LogP contribution in [0.15, 0.2) is 24.3 Å². The maximum Gasteiger partial charge on any atom is 0.260 e. The highest BCUT2D eigenvalue weighted by Crippen LogP contribution is 2.34. The van der Waals surface area contributed by atoms with Gasteiger partial charge >= 0.3 is 0 Å². The molecule has 1 heterocycles. The van der Waals surface area contributed by atoms with Gasteiger partial charge in [0, 0.05) is 17.0 Å². The van der Waals surface area contributed by atoms with E-state index in [1.165, 1.54) is 6.92 Å². The zero-order valence-corrected chi connectivity index (χ0v) is 10.8. The fourth-order valence-corrected chi connectivity index (χ4v) is 2.50. The lowest BCUT2D eigenvalue weighted by atomic mass is 9.75. The predicted octanol–water partition coefficient (Wildman–Crippen LogP) is 1.22. The smallest absolute Gasteiger partial charge is 0.260 e. The van der Waals surface area contributed by atoms with Crippen molar-refractivity contribution >= 4 is 11.8 Å². The molecule has 2 rings (SSSR count). The number of hydrogen-bond acceptors (Lipinski definition) is 4. The number of carbonyl (C=O) groups excluding carboxylic acids is 2.